The maximum Gasteiger partial charge on any atom is 0.220 e. The van der Waals surface area contributed by atoms with Gasteiger partial charge in [-0.05, 0) is 36.8 Å². The number of carbonyl (C=O) groups is 1. The molecule has 0 unspecified atom stereocenters. The molecule has 1 amide bonds. The van der Waals surface area contributed by atoms with Crippen molar-refractivity contribution < 1.29 is 13.6 Å². The molecule has 0 saturated heterocycles. The van der Waals surface area contributed by atoms with Crippen molar-refractivity contribution >= 4 is 5.91 Å². The van der Waals surface area contributed by atoms with Crippen LogP contribution in [0.3, 0.4) is 0 Å². The molecule has 25 heavy (non-hydrogen) atoms. The van der Waals surface area contributed by atoms with Crippen LogP contribution in [0.25, 0.3) is 11.3 Å². The van der Waals surface area contributed by atoms with E-state index in [1.807, 2.05) is 31.2 Å². The van der Waals surface area contributed by atoms with Gasteiger partial charge in [0.1, 0.15) is 5.82 Å². The summed E-state index contributed by atoms with van der Waals surface area (Å²) in [7, 11) is 0. The first-order valence-electron chi connectivity index (χ1n) is 8.13. The maximum atomic E-state index is 12.9. The first kappa shape index (κ1) is 16.9. The largest absolute Gasteiger partial charge is 0.441 e. The summed E-state index contributed by atoms with van der Waals surface area (Å²) in [5, 5.41) is 2.89. The zero-order chi connectivity index (χ0) is 17.6. The predicted molar refractivity (Wildman–Crippen MR) is 93.2 cm³/mol. The number of aromatic nitrogens is 1. The first-order chi connectivity index (χ1) is 12.1. The van der Waals surface area contributed by atoms with Crippen molar-refractivity contribution in [3.05, 3.63) is 77.6 Å². The van der Waals surface area contributed by atoms with Crippen molar-refractivity contribution in [2.45, 2.75) is 26.3 Å². The van der Waals surface area contributed by atoms with Crippen LogP contribution in [0.15, 0.2) is 59.1 Å². The first-order valence-corrected chi connectivity index (χ1v) is 8.13. The highest BCUT2D eigenvalue weighted by atomic mass is 19.1. The van der Waals surface area contributed by atoms with Crippen molar-refractivity contribution in [3.8, 4) is 11.3 Å². The van der Waals surface area contributed by atoms with Gasteiger partial charge in [-0.25, -0.2) is 9.37 Å². The number of aryl methyl sites for hydroxylation is 2. The molecule has 1 aromatic heterocycles. The smallest absolute Gasteiger partial charge is 0.220 e. The van der Waals surface area contributed by atoms with Crippen LogP contribution in [0.1, 0.15) is 23.4 Å². The minimum atomic E-state index is -0.297. The van der Waals surface area contributed by atoms with E-state index < -0.39 is 0 Å². The molecule has 0 radical (unpaired) electrons. The minimum Gasteiger partial charge on any atom is -0.441 e. The van der Waals surface area contributed by atoms with Crippen molar-refractivity contribution in [2.24, 2.45) is 0 Å². The van der Waals surface area contributed by atoms with Crippen molar-refractivity contribution in [3.63, 3.8) is 0 Å². The fourth-order valence-corrected chi connectivity index (χ4v) is 2.51. The molecular formula is C20H19FN2O2. The zero-order valence-corrected chi connectivity index (χ0v) is 14.0. The summed E-state index contributed by atoms with van der Waals surface area (Å²) in [5.41, 5.74) is 2.99. The molecule has 0 aliphatic rings. The van der Waals surface area contributed by atoms with E-state index in [4.69, 9.17) is 4.42 Å². The fourth-order valence-electron chi connectivity index (χ4n) is 2.51. The van der Waals surface area contributed by atoms with Crippen LogP contribution in [0.2, 0.25) is 0 Å². The lowest BCUT2D eigenvalue weighted by atomic mass is 10.1. The molecule has 0 aliphatic heterocycles. The molecule has 0 saturated carbocycles. The summed E-state index contributed by atoms with van der Waals surface area (Å²) in [6, 6.07) is 14.0. The molecule has 4 nitrogen and oxygen atoms in total. The summed E-state index contributed by atoms with van der Waals surface area (Å²) in [6.45, 7) is 2.53. The van der Waals surface area contributed by atoms with Gasteiger partial charge in [-0.3, -0.25) is 4.79 Å². The highest BCUT2D eigenvalue weighted by Gasteiger charge is 2.09. The number of rotatable bonds is 6. The average Bonchev–Trinajstić information content (AvgIpc) is 3.08. The van der Waals surface area contributed by atoms with E-state index in [1.165, 1.54) is 17.7 Å². The molecule has 2 aromatic carbocycles. The van der Waals surface area contributed by atoms with Gasteiger partial charge in [-0.15, -0.1) is 0 Å². The number of oxazole rings is 1. The Morgan fingerprint density at radius 2 is 2.00 bits per heavy atom. The van der Waals surface area contributed by atoms with Crippen LogP contribution in [0, 0.1) is 12.7 Å². The summed E-state index contributed by atoms with van der Waals surface area (Å²) in [4.78, 5) is 16.1. The monoisotopic (exact) mass is 338 g/mol. The highest BCUT2D eigenvalue weighted by molar-refractivity contribution is 5.76. The molecule has 1 N–H and O–H groups in total. The van der Waals surface area contributed by atoms with E-state index in [0.717, 1.165) is 11.1 Å². The molecule has 5 heteroatoms. The molecular weight excluding hydrogens is 319 g/mol. The van der Waals surface area contributed by atoms with Crippen LogP contribution in [-0.4, -0.2) is 10.9 Å². The van der Waals surface area contributed by atoms with Gasteiger partial charge in [0.05, 0.1) is 6.20 Å². The second kappa shape index (κ2) is 7.75. The SMILES string of the molecule is Cc1cccc(CNC(=O)CCc2ncc(-c3ccc(F)cc3)o2)c1. The molecule has 3 aromatic rings. The Bertz CT molecular complexity index is 856. The third kappa shape index (κ3) is 4.76. The number of benzene rings is 2. The Kier molecular flexibility index (Phi) is 5.23. The van der Waals surface area contributed by atoms with E-state index in [-0.39, 0.29) is 11.7 Å². The van der Waals surface area contributed by atoms with Crippen LogP contribution >= 0.6 is 0 Å². The number of halogens is 1. The van der Waals surface area contributed by atoms with Gasteiger partial charge in [-0.1, -0.05) is 29.8 Å². The number of amides is 1. The number of hydrogen-bond acceptors (Lipinski definition) is 3. The second-order valence-electron chi connectivity index (χ2n) is 5.89. The molecule has 0 fully saturated rings. The van der Waals surface area contributed by atoms with Gasteiger partial charge in [0.25, 0.3) is 0 Å². The average molecular weight is 338 g/mol. The van der Waals surface area contributed by atoms with E-state index in [1.54, 1.807) is 18.3 Å². The van der Waals surface area contributed by atoms with E-state index >= 15 is 0 Å². The molecule has 128 valence electrons. The van der Waals surface area contributed by atoms with E-state index in [2.05, 4.69) is 10.3 Å². The molecule has 0 aliphatic carbocycles. The Labute approximate surface area is 145 Å². The third-order valence-electron chi connectivity index (χ3n) is 3.82. The third-order valence-corrected chi connectivity index (χ3v) is 3.82. The fraction of sp³-hybridized carbons (Fsp3) is 0.200. The zero-order valence-electron chi connectivity index (χ0n) is 14.0. The minimum absolute atomic E-state index is 0.0527. The van der Waals surface area contributed by atoms with Gasteiger partial charge in [-0.2, -0.15) is 0 Å². The lowest BCUT2D eigenvalue weighted by molar-refractivity contribution is -0.121. The number of carbonyl (C=O) groups excluding carboxylic acids is 1. The lowest BCUT2D eigenvalue weighted by Gasteiger charge is -2.05. The van der Waals surface area contributed by atoms with Gasteiger partial charge in [0.15, 0.2) is 11.7 Å². The van der Waals surface area contributed by atoms with Crippen LogP contribution in [0.4, 0.5) is 4.39 Å². The van der Waals surface area contributed by atoms with Crippen LogP contribution in [-0.2, 0) is 17.8 Å². The van der Waals surface area contributed by atoms with Gasteiger partial charge < -0.3 is 9.73 Å². The molecule has 3 rings (SSSR count). The van der Waals surface area contributed by atoms with E-state index in [0.29, 0.717) is 31.0 Å². The van der Waals surface area contributed by atoms with Gasteiger partial charge in [0, 0.05) is 24.9 Å². The van der Waals surface area contributed by atoms with Crippen molar-refractivity contribution in [1.29, 1.82) is 0 Å². The predicted octanol–water partition coefficient (Wildman–Crippen LogP) is 4.04. The number of nitrogens with zero attached hydrogens (tertiary/aromatic N) is 1. The van der Waals surface area contributed by atoms with Crippen LogP contribution in [0.5, 0.6) is 0 Å². The number of nitrogens with one attached hydrogen (secondary N) is 1. The standard InChI is InChI=1S/C20H19FN2O2/c1-14-3-2-4-15(11-14)12-22-19(24)9-10-20-23-13-18(25-20)16-5-7-17(21)8-6-16/h2-8,11,13H,9-10,12H2,1H3,(H,22,24). The summed E-state index contributed by atoms with van der Waals surface area (Å²) in [6.07, 6.45) is 2.31. The van der Waals surface area contributed by atoms with Crippen molar-refractivity contribution in [2.75, 3.05) is 0 Å². The van der Waals surface area contributed by atoms with Gasteiger partial charge >= 0.3 is 0 Å². The molecule has 0 bridgehead atoms. The Morgan fingerprint density at radius 1 is 1.20 bits per heavy atom. The summed E-state index contributed by atoms with van der Waals surface area (Å²) >= 11 is 0. The summed E-state index contributed by atoms with van der Waals surface area (Å²) in [5.74, 6) is 0.706. The molecule has 0 atom stereocenters. The normalized spacial score (nSPS) is 10.6. The molecule has 0 spiro atoms. The van der Waals surface area contributed by atoms with E-state index in [9.17, 15) is 9.18 Å². The Balaban J connectivity index is 1.50. The Hall–Kier alpha value is -2.95. The van der Waals surface area contributed by atoms with Gasteiger partial charge in [0.2, 0.25) is 5.91 Å². The lowest BCUT2D eigenvalue weighted by Crippen LogP contribution is -2.23. The topological polar surface area (TPSA) is 55.1 Å². The second-order valence-corrected chi connectivity index (χ2v) is 5.89. The Morgan fingerprint density at radius 3 is 2.76 bits per heavy atom. The highest BCUT2D eigenvalue weighted by Crippen LogP contribution is 2.21. The van der Waals surface area contributed by atoms with Crippen molar-refractivity contribution in [1.82, 2.24) is 10.3 Å². The quantitative estimate of drug-likeness (QED) is 0.738. The van der Waals surface area contributed by atoms with Crippen LogP contribution < -0.4 is 5.32 Å². The number of hydrogen-bond donors (Lipinski definition) is 1. The maximum absolute atomic E-state index is 12.9. The summed E-state index contributed by atoms with van der Waals surface area (Å²) < 4.78 is 18.6. The molecule has 1 heterocycles.